The number of thioether (sulfide) groups is 1. The lowest BCUT2D eigenvalue weighted by Crippen LogP contribution is -2.38. The zero-order valence-corrected chi connectivity index (χ0v) is 11.1. The first kappa shape index (κ1) is 14.8. The second-order valence-corrected chi connectivity index (χ2v) is 5.49. The molecular weight excluding hydrogens is 208 g/mol. The molecule has 2 unspecified atom stereocenters. The molecule has 15 heavy (non-hydrogen) atoms. The van der Waals surface area contributed by atoms with E-state index in [-0.39, 0.29) is 11.8 Å². The van der Waals surface area contributed by atoms with Crippen LogP contribution in [-0.4, -0.2) is 30.5 Å². The maximum atomic E-state index is 11.7. The molecule has 0 heterocycles. The Morgan fingerprint density at radius 1 is 1.40 bits per heavy atom. The summed E-state index contributed by atoms with van der Waals surface area (Å²) >= 11 is 1.82. The van der Waals surface area contributed by atoms with E-state index in [1.807, 2.05) is 25.6 Å². The highest BCUT2D eigenvalue weighted by molar-refractivity contribution is 7.99. The lowest BCUT2D eigenvalue weighted by Gasteiger charge is -2.18. The van der Waals surface area contributed by atoms with Crippen molar-refractivity contribution in [1.82, 2.24) is 5.32 Å². The van der Waals surface area contributed by atoms with Crippen molar-refractivity contribution in [3.05, 3.63) is 0 Å². The zero-order chi connectivity index (χ0) is 11.8. The Labute approximate surface area is 97.6 Å². The third kappa shape index (κ3) is 6.05. The van der Waals surface area contributed by atoms with Crippen LogP contribution in [0.1, 0.15) is 27.2 Å². The fourth-order valence-electron chi connectivity index (χ4n) is 1.33. The molecule has 3 nitrogen and oxygen atoms in total. The van der Waals surface area contributed by atoms with Gasteiger partial charge < -0.3 is 11.1 Å². The first-order valence-electron chi connectivity index (χ1n) is 5.53. The molecule has 0 aliphatic rings. The van der Waals surface area contributed by atoms with E-state index in [0.29, 0.717) is 17.7 Å². The lowest BCUT2D eigenvalue weighted by atomic mass is 9.95. The predicted molar refractivity (Wildman–Crippen MR) is 68.0 cm³/mol. The van der Waals surface area contributed by atoms with Crippen molar-refractivity contribution in [3.8, 4) is 0 Å². The SMILES string of the molecule is CSC(C)CCNC(=O)C(CN)C(C)C. The molecule has 0 saturated carbocycles. The van der Waals surface area contributed by atoms with Gasteiger partial charge in [0.25, 0.3) is 0 Å². The molecule has 0 spiro atoms. The third-order valence-corrected chi connectivity index (χ3v) is 3.69. The molecule has 0 rings (SSSR count). The smallest absolute Gasteiger partial charge is 0.224 e. The number of carbonyl (C=O) groups excluding carboxylic acids is 1. The van der Waals surface area contributed by atoms with E-state index in [0.717, 1.165) is 13.0 Å². The van der Waals surface area contributed by atoms with E-state index >= 15 is 0 Å². The average molecular weight is 232 g/mol. The summed E-state index contributed by atoms with van der Waals surface area (Å²) in [6.07, 6.45) is 3.10. The number of nitrogens with one attached hydrogen (secondary N) is 1. The Morgan fingerprint density at radius 3 is 2.40 bits per heavy atom. The minimum atomic E-state index is -0.0467. The lowest BCUT2D eigenvalue weighted by molar-refractivity contribution is -0.125. The summed E-state index contributed by atoms with van der Waals surface area (Å²) in [5.41, 5.74) is 5.57. The molecule has 0 aliphatic heterocycles. The van der Waals surface area contributed by atoms with Crippen molar-refractivity contribution in [1.29, 1.82) is 0 Å². The molecule has 0 aromatic rings. The number of amides is 1. The summed E-state index contributed by atoms with van der Waals surface area (Å²) in [4.78, 5) is 11.7. The largest absolute Gasteiger partial charge is 0.356 e. The molecule has 0 fully saturated rings. The highest BCUT2D eigenvalue weighted by atomic mass is 32.2. The summed E-state index contributed by atoms with van der Waals surface area (Å²) in [5.74, 6) is 0.364. The van der Waals surface area contributed by atoms with E-state index in [9.17, 15) is 4.79 Å². The molecule has 0 aromatic carbocycles. The van der Waals surface area contributed by atoms with Gasteiger partial charge in [-0.25, -0.2) is 0 Å². The van der Waals surface area contributed by atoms with Crippen LogP contribution in [0.3, 0.4) is 0 Å². The van der Waals surface area contributed by atoms with Crippen molar-refractivity contribution in [3.63, 3.8) is 0 Å². The first-order chi connectivity index (χ1) is 7.02. The Hall–Kier alpha value is -0.220. The van der Waals surface area contributed by atoms with E-state index < -0.39 is 0 Å². The second-order valence-electron chi connectivity index (χ2n) is 4.21. The summed E-state index contributed by atoms with van der Waals surface area (Å²) in [5, 5.41) is 3.55. The Balaban J connectivity index is 3.81. The van der Waals surface area contributed by atoms with Gasteiger partial charge in [-0.3, -0.25) is 4.79 Å². The normalized spacial score (nSPS) is 15.1. The van der Waals surface area contributed by atoms with E-state index in [1.54, 1.807) is 0 Å². The van der Waals surface area contributed by atoms with Crippen LogP contribution in [0, 0.1) is 11.8 Å². The van der Waals surface area contributed by atoms with Gasteiger partial charge in [0.05, 0.1) is 5.92 Å². The molecule has 0 aliphatic carbocycles. The van der Waals surface area contributed by atoms with Crippen LogP contribution in [-0.2, 0) is 4.79 Å². The summed E-state index contributed by atoms with van der Waals surface area (Å²) in [6, 6.07) is 0. The molecule has 4 heteroatoms. The average Bonchev–Trinajstić information content (AvgIpc) is 2.17. The summed E-state index contributed by atoms with van der Waals surface area (Å²) in [6.45, 7) is 7.41. The summed E-state index contributed by atoms with van der Waals surface area (Å²) in [7, 11) is 0. The van der Waals surface area contributed by atoms with Gasteiger partial charge in [-0.15, -0.1) is 0 Å². The minimum absolute atomic E-state index is 0.0467. The van der Waals surface area contributed by atoms with Crippen LogP contribution in [0.25, 0.3) is 0 Å². The fraction of sp³-hybridized carbons (Fsp3) is 0.909. The van der Waals surface area contributed by atoms with E-state index in [4.69, 9.17) is 5.73 Å². The second kappa shape index (κ2) is 7.99. The maximum absolute atomic E-state index is 11.7. The van der Waals surface area contributed by atoms with Crippen LogP contribution in [0.2, 0.25) is 0 Å². The number of hydrogen-bond acceptors (Lipinski definition) is 3. The van der Waals surface area contributed by atoms with Gasteiger partial charge in [0, 0.05) is 18.3 Å². The highest BCUT2D eigenvalue weighted by Crippen LogP contribution is 2.10. The molecule has 3 N–H and O–H groups in total. The fourth-order valence-corrected chi connectivity index (χ4v) is 1.68. The van der Waals surface area contributed by atoms with Gasteiger partial charge in [-0.05, 0) is 18.6 Å². The van der Waals surface area contributed by atoms with Gasteiger partial charge >= 0.3 is 0 Å². The van der Waals surface area contributed by atoms with Crippen LogP contribution in [0.5, 0.6) is 0 Å². The van der Waals surface area contributed by atoms with Crippen LogP contribution < -0.4 is 11.1 Å². The number of carbonyl (C=O) groups is 1. The van der Waals surface area contributed by atoms with E-state index in [2.05, 4.69) is 18.5 Å². The van der Waals surface area contributed by atoms with Crippen molar-refractivity contribution in [2.75, 3.05) is 19.3 Å². The van der Waals surface area contributed by atoms with Crippen molar-refractivity contribution >= 4 is 17.7 Å². The molecule has 0 saturated heterocycles. The molecule has 0 bridgehead atoms. The van der Waals surface area contributed by atoms with Gasteiger partial charge in [0.1, 0.15) is 0 Å². The monoisotopic (exact) mass is 232 g/mol. The van der Waals surface area contributed by atoms with Crippen molar-refractivity contribution in [2.24, 2.45) is 17.6 Å². The molecule has 2 atom stereocenters. The molecule has 0 aromatic heterocycles. The summed E-state index contributed by atoms with van der Waals surface area (Å²) < 4.78 is 0. The van der Waals surface area contributed by atoms with Crippen molar-refractivity contribution in [2.45, 2.75) is 32.4 Å². The number of rotatable bonds is 7. The Bertz CT molecular complexity index is 185. The quantitative estimate of drug-likeness (QED) is 0.699. The topological polar surface area (TPSA) is 55.1 Å². The van der Waals surface area contributed by atoms with Gasteiger partial charge in [-0.2, -0.15) is 11.8 Å². The maximum Gasteiger partial charge on any atom is 0.224 e. The molecule has 0 radical (unpaired) electrons. The van der Waals surface area contributed by atoms with E-state index in [1.165, 1.54) is 0 Å². The van der Waals surface area contributed by atoms with Gasteiger partial charge in [0.15, 0.2) is 0 Å². The standard InChI is InChI=1S/C11H24N2OS/c1-8(2)10(7-12)11(14)13-6-5-9(3)15-4/h8-10H,5-7,12H2,1-4H3,(H,13,14). The number of hydrogen-bond donors (Lipinski definition) is 2. The minimum Gasteiger partial charge on any atom is -0.356 e. The van der Waals surface area contributed by atoms with Crippen LogP contribution >= 0.6 is 11.8 Å². The Kier molecular flexibility index (Phi) is 7.88. The number of nitrogens with two attached hydrogens (primary N) is 1. The highest BCUT2D eigenvalue weighted by Gasteiger charge is 2.19. The zero-order valence-electron chi connectivity index (χ0n) is 10.2. The Morgan fingerprint density at radius 2 is 2.00 bits per heavy atom. The molecular formula is C11H24N2OS. The van der Waals surface area contributed by atoms with Gasteiger partial charge in [0.2, 0.25) is 5.91 Å². The van der Waals surface area contributed by atoms with Gasteiger partial charge in [-0.1, -0.05) is 20.8 Å². The first-order valence-corrected chi connectivity index (χ1v) is 6.82. The molecule has 90 valence electrons. The predicted octanol–water partition coefficient (Wildman–Crippen LogP) is 1.48. The van der Waals surface area contributed by atoms with Crippen LogP contribution in [0.4, 0.5) is 0 Å². The third-order valence-electron chi connectivity index (χ3n) is 2.65. The van der Waals surface area contributed by atoms with Crippen LogP contribution in [0.15, 0.2) is 0 Å². The molecule has 1 amide bonds. The van der Waals surface area contributed by atoms with Crippen molar-refractivity contribution < 1.29 is 4.79 Å².